The van der Waals surface area contributed by atoms with E-state index in [1.165, 1.54) is 6.07 Å². The van der Waals surface area contributed by atoms with Gasteiger partial charge < -0.3 is 18.6 Å². The first-order valence-corrected chi connectivity index (χ1v) is 8.95. The molecule has 0 unspecified atom stereocenters. The number of ether oxygens (including phenoxy) is 3. The molecule has 3 aromatic rings. The summed E-state index contributed by atoms with van der Waals surface area (Å²) in [7, 11) is 0. The summed E-state index contributed by atoms with van der Waals surface area (Å²) in [6.07, 6.45) is 0. The van der Waals surface area contributed by atoms with E-state index in [9.17, 15) is 9.59 Å². The normalized spacial score (nSPS) is 10.7. The van der Waals surface area contributed by atoms with E-state index in [-0.39, 0.29) is 19.8 Å². The molecule has 0 fully saturated rings. The average Bonchev–Trinajstić information content (AvgIpc) is 2.62. The van der Waals surface area contributed by atoms with Gasteiger partial charge in [0.1, 0.15) is 30.3 Å². The number of fused-ring (bicyclic) bond motifs is 1. The van der Waals surface area contributed by atoms with Crippen molar-refractivity contribution < 1.29 is 23.4 Å². The third-order valence-corrected chi connectivity index (χ3v) is 4.09. The zero-order chi connectivity index (χ0) is 20.1. The molecular weight excluding hydrogens is 360 g/mol. The van der Waals surface area contributed by atoms with E-state index in [4.69, 9.17) is 18.6 Å². The predicted octanol–water partition coefficient (Wildman–Crippen LogP) is 3.72. The minimum absolute atomic E-state index is 0.126. The molecule has 0 saturated heterocycles. The lowest BCUT2D eigenvalue weighted by atomic mass is 10.1. The molecule has 6 heteroatoms. The number of carbonyl (C=O) groups excluding carboxylic acids is 1. The van der Waals surface area contributed by atoms with Crippen LogP contribution in [-0.2, 0) is 9.53 Å². The molecule has 0 bridgehead atoms. The Bertz CT molecular complexity index is 1030. The van der Waals surface area contributed by atoms with Crippen molar-refractivity contribution in [3.8, 4) is 11.5 Å². The number of hydrogen-bond donors (Lipinski definition) is 0. The van der Waals surface area contributed by atoms with Gasteiger partial charge in [-0.1, -0.05) is 6.07 Å². The zero-order valence-electron chi connectivity index (χ0n) is 16.1. The van der Waals surface area contributed by atoms with Gasteiger partial charge in [-0.2, -0.15) is 0 Å². The summed E-state index contributed by atoms with van der Waals surface area (Å²) in [5, 5.41) is 0.818. The fourth-order valence-electron chi connectivity index (χ4n) is 2.91. The highest BCUT2D eigenvalue weighted by Gasteiger charge is 2.08. The van der Waals surface area contributed by atoms with Crippen LogP contribution in [0.1, 0.15) is 16.7 Å². The minimum atomic E-state index is -0.505. The van der Waals surface area contributed by atoms with E-state index >= 15 is 0 Å². The smallest absolute Gasteiger partial charge is 0.344 e. The van der Waals surface area contributed by atoms with Gasteiger partial charge in [-0.3, -0.25) is 0 Å². The highest BCUT2D eigenvalue weighted by molar-refractivity contribution is 5.81. The first-order chi connectivity index (χ1) is 13.4. The molecular formula is C22H22O6. The summed E-state index contributed by atoms with van der Waals surface area (Å²) in [5.41, 5.74) is 3.03. The molecule has 0 radical (unpaired) electrons. The molecule has 0 aliphatic heterocycles. The molecule has 0 spiro atoms. The third kappa shape index (κ3) is 5.13. The van der Waals surface area contributed by atoms with Gasteiger partial charge in [0.2, 0.25) is 0 Å². The van der Waals surface area contributed by atoms with Gasteiger partial charge in [0.15, 0.2) is 6.61 Å². The molecule has 2 aromatic carbocycles. The summed E-state index contributed by atoms with van der Waals surface area (Å²) in [6.45, 7) is 5.96. The molecule has 3 rings (SSSR count). The molecule has 0 amide bonds. The number of carbonyl (C=O) groups is 1. The number of esters is 1. The summed E-state index contributed by atoms with van der Waals surface area (Å²) in [6, 6.07) is 12.4. The highest BCUT2D eigenvalue weighted by atomic mass is 16.6. The Balaban J connectivity index is 1.46. The van der Waals surface area contributed by atoms with E-state index in [1.807, 2.05) is 32.9 Å². The number of benzene rings is 2. The Morgan fingerprint density at radius 2 is 1.64 bits per heavy atom. The Labute approximate surface area is 162 Å². The zero-order valence-corrected chi connectivity index (χ0v) is 16.1. The summed E-state index contributed by atoms with van der Waals surface area (Å²) < 4.78 is 21.3. The van der Waals surface area contributed by atoms with Crippen LogP contribution in [0.3, 0.4) is 0 Å². The van der Waals surface area contributed by atoms with Gasteiger partial charge in [-0.25, -0.2) is 9.59 Å². The lowest BCUT2D eigenvalue weighted by Gasteiger charge is -2.10. The molecule has 146 valence electrons. The highest BCUT2D eigenvalue weighted by Crippen LogP contribution is 2.22. The van der Waals surface area contributed by atoms with E-state index < -0.39 is 11.6 Å². The Kier molecular flexibility index (Phi) is 5.99. The van der Waals surface area contributed by atoms with E-state index in [1.54, 1.807) is 18.2 Å². The molecule has 0 aliphatic rings. The molecule has 0 aliphatic carbocycles. The van der Waals surface area contributed by atoms with Crippen LogP contribution in [0.2, 0.25) is 0 Å². The largest absolute Gasteiger partial charge is 0.490 e. The molecule has 0 atom stereocenters. The fraction of sp³-hybridized carbons (Fsp3) is 0.273. The topological polar surface area (TPSA) is 75.0 Å². The van der Waals surface area contributed by atoms with Crippen LogP contribution >= 0.6 is 0 Å². The Morgan fingerprint density at radius 1 is 0.893 bits per heavy atom. The van der Waals surface area contributed by atoms with E-state index in [0.717, 1.165) is 27.8 Å². The Hall–Kier alpha value is -3.28. The molecule has 28 heavy (non-hydrogen) atoms. The molecule has 0 saturated carbocycles. The second-order valence-corrected chi connectivity index (χ2v) is 6.59. The van der Waals surface area contributed by atoms with Crippen LogP contribution in [0.25, 0.3) is 11.0 Å². The standard InChI is InChI=1S/C22H22O6/c1-14-8-15(2)10-18(9-14)25-6-7-26-22(24)13-27-17-4-5-19-16(3)11-21(23)28-20(19)12-17/h4-5,8-12H,6-7,13H2,1-3H3. The van der Waals surface area contributed by atoms with E-state index in [0.29, 0.717) is 11.3 Å². The van der Waals surface area contributed by atoms with E-state index in [2.05, 4.69) is 6.07 Å². The summed E-state index contributed by atoms with van der Waals surface area (Å²) in [5.74, 6) is 0.664. The van der Waals surface area contributed by atoms with Gasteiger partial charge in [0.05, 0.1) is 0 Å². The quantitative estimate of drug-likeness (QED) is 0.352. The van der Waals surface area contributed by atoms with Crippen molar-refractivity contribution in [2.75, 3.05) is 19.8 Å². The first-order valence-electron chi connectivity index (χ1n) is 8.95. The van der Waals surface area contributed by atoms with Crippen LogP contribution in [0, 0.1) is 20.8 Å². The van der Waals surface area contributed by atoms with Gasteiger partial charge in [-0.05, 0) is 61.7 Å². The summed E-state index contributed by atoms with van der Waals surface area (Å²) >= 11 is 0. The molecule has 6 nitrogen and oxygen atoms in total. The predicted molar refractivity (Wildman–Crippen MR) is 105 cm³/mol. The average molecular weight is 382 g/mol. The van der Waals surface area contributed by atoms with Gasteiger partial charge in [-0.15, -0.1) is 0 Å². The Morgan fingerprint density at radius 3 is 2.39 bits per heavy atom. The molecule has 0 N–H and O–H groups in total. The lowest BCUT2D eigenvalue weighted by Crippen LogP contribution is -2.18. The van der Waals surface area contributed by atoms with Crippen LogP contribution in [0.15, 0.2) is 51.7 Å². The van der Waals surface area contributed by atoms with Crippen LogP contribution in [-0.4, -0.2) is 25.8 Å². The fourth-order valence-corrected chi connectivity index (χ4v) is 2.91. The van der Waals surface area contributed by atoms with Crippen molar-refractivity contribution in [2.24, 2.45) is 0 Å². The summed E-state index contributed by atoms with van der Waals surface area (Å²) in [4.78, 5) is 23.3. The third-order valence-electron chi connectivity index (χ3n) is 4.09. The van der Waals surface area contributed by atoms with Gasteiger partial charge in [0, 0.05) is 17.5 Å². The van der Waals surface area contributed by atoms with Gasteiger partial charge >= 0.3 is 11.6 Å². The minimum Gasteiger partial charge on any atom is -0.490 e. The van der Waals surface area contributed by atoms with Crippen LogP contribution < -0.4 is 15.1 Å². The number of rotatable bonds is 7. The van der Waals surface area contributed by atoms with Crippen molar-refractivity contribution in [2.45, 2.75) is 20.8 Å². The van der Waals surface area contributed by atoms with Crippen molar-refractivity contribution in [1.29, 1.82) is 0 Å². The number of hydrogen-bond acceptors (Lipinski definition) is 6. The maximum atomic E-state index is 11.8. The first kappa shape index (κ1) is 19.5. The van der Waals surface area contributed by atoms with Crippen LogP contribution in [0.5, 0.6) is 11.5 Å². The van der Waals surface area contributed by atoms with Crippen molar-refractivity contribution in [3.63, 3.8) is 0 Å². The second-order valence-electron chi connectivity index (χ2n) is 6.59. The number of aryl methyl sites for hydroxylation is 3. The second kappa shape index (κ2) is 8.61. The maximum Gasteiger partial charge on any atom is 0.344 e. The molecule has 1 aromatic heterocycles. The molecule has 1 heterocycles. The van der Waals surface area contributed by atoms with Crippen molar-refractivity contribution in [3.05, 3.63) is 69.6 Å². The monoisotopic (exact) mass is 382 g/mol. The SMILES string of the molecule is Cc1cc(C)cc(OCCOC(=O)COc2ccc3c(C)cc(=O)oc3c2)c1. The van der Waals surface area contributed by atoms with Crippen LogP contribution in [0.4, 0.5) is 0 Å². The van der Waals surface area contributed by atoms with Gasteiger partial charge in [0.25, 0.3) is 0 Å². The van der Waals surface area contributed by atoms with Crippen molar-refractivity contribution >= 4 is 16.9 Å². The lowest BCUT2D eigenvalue weighted by molar-refractivity contribution is -0.146. The van der Waals surface area contributed by atoms with Crippen molar-refractivity contribution in [1.82, 2.24) is 0 Å². The maximum absolute atomic E-state index is 11.8.